The fourth-order valence-corrected chi connectivity index (χ4v) is 2.27. The zero-order chi connectivity index (χ0) is 15.8. The second-order valence-electron chi connectivity index (χ2n) is 6.21. The van der Waals surface area contributed by atoms with Gasteiger partial charge in [-0.25, -0.2) is 0 Å². The van der Waals surface area contributed by atoms with Crippen molar-refractivity contribution in [2.45, 2.75) is 71.1 Å². The van der Waals surface area contributed by atoms with E-state index in [2.05, 4.69) is 6.92 Å². The smallest absolute Gasteiger partial charge is 0.0629 e. The average Bonchev–Trinajstić information content (AvgIpc) is 2.53. The van der Waals surface area contributed by atoms with Crippen molar-refractivity contribution in [3.8, 4) is 0 Å². The van der Waals surface area contributed by atoms with Crippen LogP contribution in [0.3, 0.4) is 0 Å². The largest absolute Gasteiger partial charge is 0.396 e. The van der Waals surface area contributed by atoms with Gasteiger partial charge in [-0.05, 0) is 6.42 Å². The summed E-state index contributed by atoms with van der Waals surface area (Å²) in [5.41, 5.74) is -0.890. The Hall–Kier alpha value is -0.160. The topological polar surface area (TPSA) is 69.9 Å². The first-order chi connectivity index (χ1) is 10.2. The van der Waals surface area contributed by atoms with Gasteiger partial charge >= 0.3 is 0 Å². The summed E-state index contributed by atoms with van der Waals surface area (Å²) in [6.07, 6.45) is 12.9. The van der Waals surface area contributed by atoms with Crippen LogP contribution in [0.5, 0.6) is 0 Å². The van der Waals surface area contributed by atoms with Crippen molar-refractivity contribution in [3.63, 3.8) is 0 Å². The summed E-state index contributed by atoms with van der Waals surface area (Å²) in [5.74, 6) is 0. The van der Waals surface area contributed by atoms with Crippen LogP contribution in [0.15, 0.2) is 0 Å². The standard InChI is InChI=1S/C17H36O4/c1-2-3-4-5-6-7-8-9-10-11-12-21-16-17(13-18,14-19)15-20/h18-20H,2-16H2,1H3. The molecule has 4 nitrogen and oxygen atoms in total. The summed E-state index contributed by atoms with van der Waals surface area (Å²) >= 11 is 0. The predicted octanol–water partition coefficient (Wildman–Crippen LogP) is 2.89. The van der Waals surface area contributed by atoms with Crippen molar-refractivity contribution in [2.75, 3.05) is 33.0 Å². The third-order valence-corrected chi connectivity index (χ3v) is 4.06. The minimum atomic E-state index is -0.890. The van der Waals surface area contributed by atoms with E-state index in [1.54, 1.807) is 0 Å². The summed E-state index contributed by atoms with van der Waals surface area (Å²) in [6, 6.07) is 0. The van der Waals surface area contributed by atoms with Gasteiger partial charge in [0.25, 0.3) is 0 Å². The van der Waals surface area contributed by atoms with Gasteiger partial charge in [0.05, 0.1) is 31.8 Å². The highest BCUT2D eigenvalue weighted by atomic mass is 16.5. The lowest BCUT2D eigenvalue weighted by molar-refractivity contribution is -0.0582. The molecule has 0 fully saturated rings. The molecule has 0 rings (SSSR count). The Labute approximate surface area is 130 Å². The molecule has 0 unspecified atom stereocenters. The highest BCUT2D eigenvalue weighted by Gasteiger charge is 2.28. The summed E-state index contributed by atoms with van der Waals surface area (Å²) in [5, 5.41) is 27.5. The van der Waals surface area contributed by atoms with Gasteiger partial charge in [0.2, 0.25) is 0 Å². The van der Waals surface area contributed by atoms with Gasteiger partial charge in [0.15, 0.2) is 0 Å². The van der Waals surface area contributed by atoms with Crippen molar-refractivity contribution in [1.82, 2.24) is 0 Å². The van der Waals surface area contributed by atoms with E-state index in [1.807, 2.05) is 0 Å². The lowest BCUT2D eigenvalue weighted by Gasteiger charge is -2.26. The molecule has 0 saturated heterocycles. The van der Waals surface area contributed by atoms with Crippen LogP contribution < -0.4 is 0 Å². The van der Waals surface area contributed by atoms with Crippen molar-refractivity contribution >= 4 is 0 Å². The van der Waals surface area contributed by atoms with Crippen LogP contribution in [0.2, 0.25) is 0 Å². The second kappa shape index (κ2) is 14.8. The molecule has 0 heterocycles. The number of rotatable bonds is 16. The molecular formula is C17H36O4. The van der Waals surface area contributed by atoms with Gasteiger partial charge in [-0.3, -0.25) is 0 Å². The molecule has 0 spiro atoms. The number of aliphatic hydroxyl groups excluding tert-OH is 3. The number of hydrogen-bond donors (Lipinski definition) is 3. The number of hydrogen-bond acceptors (Lipinski definition) is 4. The minimum Gasteiger partial charge on any atom is -0.396 e. The SMILES string of the molecule is CCCCCCCCCCCCOCC(CO)(CO)CO. The van der Waals surface area contributed by atoms with E-state index >= 15 is 0 Å². The molecular weight excluding hydrogens is 268 g/mol. The lowest BCUT2D eigenvalue weighted by Crippen LogP contribution is -2.38. The first-order valence-electron chi connectivity index (χ1n) is 8.65. The van der Waals surface area contributed by atoms with Gasteiger partial charge in [-0.2, -0.15) is 0 Å². The second-order valence-corrected chi connectivity index (χ2v) is 6.21. The van der Waals surface area contributed by atoms with Gasteiger partial charge in [-0.15, -0.1) is 0 Å². The Morgan fingerprint density at radius 3 is 1.52 bits per heavy atom. The highest BCUT2D eigenvalue weighted by Crippen LogP contribution is 2.15. The Morgan fingerprint density at radius 2 is 1.10 bits per heavy atom. The van der Waals surface area contributed by atoms with E-state index in [0.29, 0.717) is 6.61 Å². The maximum atomic E-state index is 9.15. The number of ether oxygens (including phenoxy) is 1. The van der Waals surface area contributed by atoms with Crippen LogP contribution >= 0.6 is 0 Å². The number of unbranched alkanes of at least 4 members (excludes halogenated alkanes) is 9. The first kappa shape index (κ1) is 20.8. The van der Waals surface area contributed by atoms with Gasteiger partial charge in [-0.1, -0.05) is 64.7 Å². The molecule has 0 aliphatic heterocycles. The average molecular weight is 304 g/mol. The molecule has 0 aromatic rings. The summed E-state index contributed by atoms with van der Waals surface area (Å²) in [6.45, 7) is 2.34. The van der Waals surface area contributed by atoms with Crippen LogP contribution in [0.25, 0.3) is 0 Å². The quantitative estimate of drug-likeness (QED) is 0.383. The van der Waals surface area contributed by atoms with Gasteiger partial charge in [0.1, 0.15) is 0 Å². The molecule has 0 radical (unpaired) electrons. The maximum Gasteiger partial charge on any atom is 0.0629 e. The Kier molecular flexibility index (Phi) is 14.7. The highest BCUT2D eigenvalue weighted by molar-refractivity contribution is 4.76. The minimum absolute atomic E-state index is 0.216. The van der Waals surface area contributed by atoms with Crippen LogP contribution in [0.4, 0.5) is 0 Å². The third kappa shape index (κ3) is 11.1. The van der Waals surface area contributed by atoms with E-state index in [0.717, 1.165) is 6.42 Å². The monoisotopic (exact) mass is 304 g/mol. The molecule has 0 aromatic heterocycles. The molecule has 21 heavy (non-hydrogen) atoms. The normalized spacial score (nSPS) is 12.0. The molecule has 0 amide bonds. The molecule has 128 valence electrons. The zero-order valence-corrected chi connectivity index (χ0v) is 13.9. The van der Waals surface area contributed by atoms with Gasteiger partial charge in [0, 0.05) is 6.61 Å². The van der Waals surface area contributed by atoms with Gasteiger partial charge < -0.3 is 20.1 Å². The van der Waals surface area contributed by atoms with E-state index in [4.69, 9.17) is 20.1 Å². The van der Waals surface area contributed by atoms with Crippen LogP contribution in [0, 0.1) is 5.41 Å². The van der Waals surface area contributed by atoms with E-state index < -0.39 is 5.41 Å². The van der Waals surface area contributed by atoms with Crippen molar-refractivity contribution in [2.24, 2.45) is 5.41 Å². The van der Waals surface area contributed by atoms with Crippen LogP contribution in [0.1, 0.15) is 71.1 Å². The molecule has 4 heteroatoms. The Bertz CT molecular complexity index is 197. The van der Waals surface area contributed by atoms with E-state index in [9.17, 15) is 0 Å². The first-order valence-corrected chi connectivity index (χ1v) is 8.65. The fourth-order valence-electron chi connectivity index (χ4n) is 2.27. The van der Waals surface area contributed by atoms with Crippen molar-refractivity contribution in [3.05, 3.63) is 0 Å². The molecule has 0 aliphatic carbocycles. The summed E-state index contributed by atoms with van der Waals surface area (Å²) in [4.78, 5) is 0. The zero-order valence-electron chi connectivity index (χ0n) is 13.9. The van der Waals surface area contributed by atoms with Crippen molar-refractivity contribution < 1.29 is 20.1 Å². The fraction of sp³-hybridized carbons (Fsp3) is 1.00. The Balaban J connectivity index is 3.29. The molecule has 0 saturated carbocycles. The van der Waals surface area contributed by atoms with Crippen molar-refractivity contribution in [1.29, 1.82) is 0 Å². The Morgan fingerprint density at radius 1 is 0.667 bits per heavy atom. The number of aliphatic hydroxyl groups is 3. The van der Waals surface area contributed by atoms with E-state index in [1.165, 1.54) is 57.8 Å². The molecule has 0 atom stereocenters. The molecule has 0 aliphatic rings. The van der Waals surface area contributed by atoms with Crippen LogP contribution in [-0.2, 0) is 4.74 Å². The predicted molar refractivity (Wildman–Crippen MR) is 86.4 cm³/mol. The maximum absolute atomic E-state index is 9.15. The third-order valence-electron chi connectivity index (χ3n) is 4.06. The summed E-state index contributed by atoms with van der Waals surface area (Å²) < 4.78 is 5.46. The summed E-state index contributed by atoms with van der Waals surface area (Å²) in [7, 11) is 0. The molecule has 3 N–H and O–H groups in total. The lowest BCUT2D eigenvalue weighted by atomic mass is 9.93. The van der Waals surface area contributed by atoms with E-state index in [-0.39, 0.29) is 26.4 Å². The van der Waals surface area contributed by atoms with Crippen LogP contribution in [-0.4, -0.2) is 48.4 Å². The molecule has 0 aromatic carbocycles. The molecule has 0 bridgehead atoms.